The van der Waals surface area contributed by atoms with Crippen LogP contribution >= 0.6 is 15.9 Å². The molecule has 2 aromatic carbocycles. The minimum atomic E-state index is -0.511. The molecule has 31 heavy (non-hydrogen) atoms. The van der Waals surface area contributed by atoms with Gasteiger partial charge in [0.1, 0.15) is 17.0 Å². The van der Waals surface area contributed by atoms with E-state index in [1.165, 1.54) is 18.2 Å². The summed E-state index contributed by atoms with van der Waals surface area (Å²) in [6.45, 7) is 0. The van der Waals surface area contributed by atoms with Crippen molar-refractivity contribution in [2.45, 2.75) is 0 Å². The van der Waals surface area contributed by atoms with Gasteiger partial charge in [-0.15, -0.1) is 0 Å². The van der Waals surface area contributed by atoms with E-state index < -0.39 is 10.8 Å². The fourth-order valence-electron chi connectivity index (χ4n) is 2.99. The van der Waals surface area contributed by atoms with Crippen molar-refractivity contribution in [2.24, 2.45) is 0 Å². The maximum Gasteiger partial charge on any atom is 0.293 e. The van der Waals surface area contributed by atoms with E-state index in [2.05, 4.69) is 36.5 Å². The quantitative estimate of drug-likeness (QED) is 0.281. The number of nitrogens with zero attached hydrogens (tertiary/aromatic N) is 2. The van der Waals surface area contributed by atoms with E-state index in [1.54, 1.807) is 48.7 Å². The van der Waals surface area contributed by atoms with Gasteiger partial charge in [-0.2, -0.15) is 0 Å². The van der Waals surface area contributed by atoms with Gasteiger partial charge in [-0.1, -0.05) is 18.2 Å². The highest BCUT2D eigenvalue weighted by Crippen LogP contribution is 2.26. The van der Waals surface area contributed by atoms with Gasteiger partial charge in [0.05, 0.1) is 4.92 Å². The van der Waals surface area contributed by atoms with E-state index in [9.17, 15) is 19.7 Å². The number of benzene rings is 2. The Hall–Kier alpha value is -4.05. The first-order valence-electron chi connectivity index (χ1n) is 9.01. The highest BCUT2D eigenvalue weighted by atomic mass is 79.9. The molecule has 2 aromatic heterocycles. The molecule has 0 atom stereocenters. The Morgan fingerprint density at radius 1 is 1.00 bits per heavy atom. The lowest BCUT2D eigenvalue weighted by Gasteiger charge is -2.08. The van der Waals surface area contributed by atoms with Crippen molar-refractivity contribution >= 4 is 55.8 Å². The van der Waals surface area contributed by atoms with Crippen molar-refractivity contribution in [1.82, 2.24) is 9.97 Å². The number of non-ortho nitro benzene ring substituents is 1. The third-order valence-corrected chi connectivity index (χ3v) is 4.90. The molecule has 0 bridgehead atoms. The van der Waals surface area contributed by atoms with Gasteiger partial charge in [-0.3, -0.25) is 19.7 Å². The van der Waals surface area contributed by atoms with Gasteiger partial charge in [0.2, 0.25) is 0 Å². The molecule has 0 aliphatic heterocycles. The van der Waals surface area contributed by atoms with Gasteiger partial charge in [0, 0.05) is 33.4 Å². The molecule has 2 heterocycles. The van der Waals surface area contributed by atoms with E-state index in [4.69, 9.17) is 0 Å². The van der Waals surface area contributed by atoms with E-state index in [1.807, 2.05) is 0 Å². The van der Waals surface area contributed by atoms with Crippen LogP contribution < -0.4 is 10.6 Å². The fourth-order valence-corrected chi connectivity index (χ4v) is 3.22. The molecule has 4 rings (SSSR count). The highest BCUT2D eigenvalue weighted by molar-refractivity contribution is 9.10. The second-order valence-electron chi connectivity index (χ2n) is 6.53. The van der Waals surface area contributed by atoms with Crippen LogP contribution in [0, 0.1) is 10.1 Å². The number of nitrogens with one attached hydrogen (secondary N) is 3. The highest BCUT2D eigenvalue weighted by Gasteiger charge is 2.17. The monoisotopic (exact) mass is 479 g/mol. The number of para-hydroxylation sites is 1. The number of carbonyl (C=O) groups excluding carboxylic acids is 2. The minimum Gasteiger partial charge on any atom is -0.345 e. The molecule has 0 saturated carbocycles. The van der Waals surface area contributed by atoms with Gasteiger partial charge in [-0.25, -0.2) is 4.98 Å². The molecule has 0 fully saturated rings. The first-order chi connectivity index (χ1) is 14.9. The molecule has 9 nitrogen and oxygen atoms in total. The number of rotatable bonds is 5. The minimum absolute atomic E-state index is 0.114. The number of nitro benzene ring substituents is 1. The summed E-state index contributed by atoms with van der Waals surface area (Å²) in [4.78, 5) is 42.7. The summed E-state index contributed by atoms with van der Waals surface area (Å²) in [6.07, 6.45) is 1.57. The molecule has 0 unspecified atom stereocenters. The average molecular weight is 480 g/mol. The lowest BCUT2D eigenvalue weighted by molar-refractivity contribution is -0.383. The molecule has 3 N–H and O–H groups in total. The van der Waals surface area contributed by atoms with Gasteiger partial charge < -0.3 is 15.6 Å². The summed E-state index contributed by atoms with van der Waals surface area (Å²) >= 11 is 3.28. The summed E-state index contributed by atoms with van der Waals surface area (Å²) in [5.74, 6) is -0.480. The average Bonchev–Trinajstić information content (AvgIpc) is 3.20. The van der Waals surface area contributed by atoms with E-state index >= 15 is 0 Å². The van der Waals surface area contributed by atoms with Crippen molar-refractivity contribution in [3.63, 3.8) is 0 Å². The zero-order valence-electron chi connectivity index (χ0n) is 15.8. The number of amides is 2. The standard InChI is InChI=1S/C21H14BrN5O4/c22-14-7-8-18(23-11-14)26-20(28)13-4-1-5-15(9-13)24-21(29)16-10-12-3-2-6-17(27(30)31)19(12)25-16/h1-11,25H,(H,24,29)(H,23,26,28). The lowest BCUT2D eigenvalue weighted by atomic mass is 10.2. The topological polar surface area (TPSA) is 130 Å². The number of nitro groups is 1. The van der Waals surface area contributed by atoms with Crippen LogP contribution in [0.1, 0.15) is 20.8 Å². The van der Waals surface area contributed by atoms with Crippen LogP contribution in [0.5, 0.6) is 0 Å². The number of carbonyl (C=O) groups is 2. The molecule has 0 radical (unpaired) electrons. The third-order valence-electron chi connectivity index (χ3n) is 4.43. The molecule has 4 aromatic rings. The number of anilines is 2. The molecule has 154 valence electrons. The van der Waals surface area contributed by atoms with Crippen molar-refractivity contribution in [2.75, 3.05) is 10.6 Å². The number of halogens is 1. The number of aromatic amines is 1. The van der Waals surface area contributed by atoms with E-state index in [-0.39, 0.29) is 22.8 Å². The van der Waals surface area contributed by atoms with Crippen LogP contribution in [0.25, 0.3) is 10.9 Å². The summed E-state index contributed by atoms with van der Waals surface area (Å²) in [5.41, 5.74) is 1.05. The normalized spacial score (nSPS) is 10.6. The molecule has 2 amide bonds. The largest absolute Gasteiger partial charge is 0.345 e. The smallest absolute Gasteiger partial charge is 0.293 e. The Morgan fingerprint density at radius 2 is 1.81 bits per heavy atom. The van der Waals surface area contributed by atoms with Crippen LogP contribution in [0.15, 0.2) is 71.3 Å². The van der Waals surface area contributed by atoms with Gasteiger partial charge >= 0.3 is 0 Å². The molecular weight excluding hydrogens is 466 g/mol. The zero-order chi connectivity index (χ0) is 22.0. The second-order valence-corrected chi connectivity index (χ2v) is 7.45. The second kappa shape index (κ2) is 8.36. The first-order valence-corrected chi connectivity index (χ1v) is 9.80. The molecule has 0 spiro atoms. The van der Waals surface area contributed by atoms with Crippen LogP contribution in [0.3, 0.4) is 0 Å². The van der Waals surface area contributed by atoms with Crippen molar-refractivity contribution in [3.8, 4) is 0 Å². The summed E-state index contributed by atoms with van der Waals surface area (Å²) < 4.78 is 0.789. The molecule has 0 aliphatic carbocycles. The fraction of sp³-hybridized carbons (Fsp3) is 0. The molecular formula is C21H14BrN5O4. The number of fused-ring (bicyclic) bond motifs is 1. The Kier molecular flexibility index (Phi) is 5.46. The zero-order valence-corrected chi connectivity index (χ0v) is 17.3. The Balaban J connectivity index is 1.52. The Morgan fingerprint density at radius 3 is 2.55 bits per heavy atom. The summed E-state index contributed by atoms with van der Waals surface area (Å²) in [5, 5.41) is 17.1. The van der Waals surface area contributed by atoms with Gasteiger partial charge in [0.15, 0.2) is 0 Å². The lowest BCUT2D eigenvalue weighted by Crippen LogP contribution is -2.15. The first kappa shape index (κ1) is 20.2. The predicted molar refractivity (Wildman–Crippen MR) is 119 cm³/mol. The summed E-state index contributed by atoms with van der Waals surface area (Å²) in [6, 6.07) is 15.9. The number of pyridine rings is 1. The maximum absolute atomic E-state index is 12.6. The predicted octanol–water partition coefficient (Wildman–Crippen LogP) is 4.74. The van der Waals surface area contributed by atoms with Crippen LogP contribution in [-0.2, 0) is 0 Å². The van der Waals surface area contributed by atoms with Crippen molar-refractivity contribution < 1.29 is 14.5 Å². The Labute approximate surface area is 183 Å². The van der Waals surface area contributed by atoms with Crippen molar-refractivity contribution in [1.29, 1.82) is 0 Å². The maximum atomic E-state index is 12.6. The number of aromatic nitrogens is 2. The summed E-state index contributed by atoms with van der Waals surface area (Å²) in [7, 11) is 0. The van der Waals surface area contributed by atoms with E-state index in [0.717, 1.165) is 4.47 Å². The van der Waals surface area contributed by atoms with Crippen molar-refractivity contribution in [3.05, 3.63) is 92.7 Å². The molecule has 10 heteroatoms. The third kappa shape index (κ3) is 4.43. The Bertz CT molecular complexity index is 1320. The number of H-pyrrole nitrogens is 1. The van der Waals surface area contributed by atoms with Gasteiger partial charge in [-0.05, 0) is 52.3 Å². The molecule has 0 aliphatic rings. The van der Waals surface area contributed by atoms with Crippen LogP contribution in [0.2, 0.25) is 0 Å². The molecule has 0 saturated heterocycles. The number of hydrogen-bond acceptors (Lipinski definition) is 5. The van der Waals surface area contributed by atoms with Crippen LogP contribution in [0.4, 0.5) is 17.2 Å². The SMILES string of the molecule is O=C(Nc1ccc(Br)cn1)c1cccc(NC(=O)c2cc3cccc([N+](=O)[O-])c3[nH]2)c1. The van der Waals surface area contributed by atoms with Crippen LogP contribution in [-0.4, -0.2) is 26.7 Å². The number of hydrogen-bond donors (Lipinski definition) is 3. The van der Waals surface area contributed by atoms with Gasteiger partial charge in [0.25, 0.3) is 17.5 Å². The van der Waals surface area contributed by atoms with E-state index in [0.29, 0.717) is 22.5 Å².